The number of hydrogen-bond donors (Lipinski definition) is 0. The van der Waals surface area contributed by atoms with Crippen LogP contribution in [0.25, 0.3) is 11.3 Å². The maximum absolute atomic E-state index is 12.6. The van der Waals surface area contributed by atoms with Crippen molar-refractivity contribution in [3.63, 3.8) is 0 Å². The van der Waals surface area contributed by atoms with Gasteiger partial charge in [0.15, 0.2) is 0 Å². The normalized spacial score (nSPS) is 20.5. The van der Waals surface area contributed by atoms with E-state index in [0.29, 0.717) is 28.1 Å². The predicted molar refractivity (Wildman–Crippen MR) is 96.2 cm³/mol. The number of aromatic nitrogens is 1. The Morgan fingerprint density at radius 2 is 1.92 bits per heavy atom. The van der Waals surface area contributed by atoms with Crippen LogP contribution in [0, 0.1) is 5.92 Å². The minimum atomic E-state index is -2.91. The first kappa shape index (κ1) is 17.9. The molecule has 2 nitrogen and oxygen atoms in total. The van der Waals surface area contributed by atoms with Gasteiger partial charge >= 0.3 is 6.61 Å². The fourth-order valence-corrected chi connectivity index (χ4v) is 3.56. The summed E-state index contributed by atoms with van der Waals surface area (Å²) in [6, 6.07) is 8.56. The summed E-state index contributed by atoms with van der Waals surface area (Å²) in [5, 5.41) is 0.343. The summed E-state index contributed by atoms with van der Waals surface area (Å²) in [6.07, 6.45) is 8.44. The van der Waals surface area contributed by atoms with E-state index < -0.39 is 6.61 Å². The van der Waals surface area contributed by atoms with Crippen LogP contribution in [0.4, 0.5) is 8.78 Å². The molecule has 0 atom stereocenters. The first-order valence-electron chi connectivity index (χ1n) is 8.40. The molecule has 1 fully saturated rings. The van der Waals surface area contributed by atoms with Crippen LogP contribution in [0.5, 0.6) is 5.75 Å². The molecule has 0 radical (unpaired) electrons. The number of nitrogens with zero attached hydrogens (tertiary/aromatic N) is 1. The van der Waals surface area contributed by atoms with E-state index in [0.717, 1.165) is 25.7 Å². The molecule has 0 unspecified atom stereocenters. The smallest absolute Gasteiger partial charge is 0.387 e. The fraction of sp³-hybridized carbons (Fsp3) is 0.350. The molecule has 1 aromatic carbocycles. The van der Waals surface area contributed by atoms with Gasteiger partial charge in [0.05, 0.1) is 5.69 Å². The van der Waals surface area contributed by atoms with Gasteiger partial charge in [-0.05, 0) is 67.3 Å². The van der Waals surface area contributed by atoms with Crippen molar-refractivity contribution in [2.75, 3.05) is 0 Å². The van der Waals surface area contributed by atoms with Gasteiger partial charge in [0.1, 0.15) is 5.75 Å². The SMILES string of the molecule is C=CC1CCC(c2ccc(-c3ccc(Cl)cc3OC(F)F)nc2)CC1. The van der Waals surface area contributed by atoms with Gasteiger partial charge in [-0.25, -0.2) is 0 Å². The van der Waals surface area contributed by atoms with Crippen molar-refractivity contribution in [1.82, 2.24) is 4.98 Å². The van der Waals surface area contributed by atoms with Crippen LogP contribution in [0.3, 0.4) is 0 Å². The summed E-state index contributed by atoms with van der Waals surface area (Å²) in [5.41, 5.74) is 2.29. The number of pyridine rings is 1. The van der Waals surface area contributed by atoms with E-state index in [2.05, 4.69) is 16.3 Å². The van der Waals surface area contributed by atoms with Crippen molar-refractivity contribution >= 4 is 11.6 Å². The summed E-state index contributed by atoms with van der Waals surface area (Å²) < 4.78 is 29.8. The molecule has 1 aliphatic rings. The summed E-state index contributed by atoms with van der Waals surface area (Å²) in [4.78, 5) is 4.47. The third-order valence-electron chi connectivity index (χ3n) is 4.80. The molecule has 25 heavy (non-hydrogen) atoms. The Morgan fingerprint density at radius 1 is 1.16 bits per heavy atom. The molecule has 0 N–H and O–H groups in total. The number of ether oxygens (including phenoxy) is 1. The van der Waals surface area contributed by atoms with Crippen molar-refractivity contribution in [3.8, 4) is 17.0 Å². The molecule has 3 rings (SSSR count). The Labute approximate surface area is 151 Å². The Bertz CT molecular complexity index is 725. The maximum atomic E-state index is 12.6. The highest BCUT2D eigenvalue weighted by Gasteiger charge is 2.21. The van der Waals surface area contributed by atoms with Crippen molar-refractivity contribution in [3.05, 3.63) is 59.8 Å². The van der Waals surface area contributed by atoms with Crippen LogP contribution >= 0.6 is 11.6 Å². The van der Waals surface area contributed by atoms with E-state index in [1.807, 2.05) is 24.4 Å². The van der Waals surface area contributed by atoms with Crippen LogP contribution in [0.15, 0.2) is 49.2 Å². The molecule has 1 heterocycles. The van der Waals surface area contributed by atoms with E-state index in [4.69, 9.17) is 11.6 Å². The minimum Gasteiger partial charge on any atom is -0.434 e. The summed E-state index contributed by atoms with van der Waals surface area (Å²) in [7, 11) is 0. The van der Waals surface area contributed by atoms with Gasteiger partial charge in [-0.2, -0.15) is 8.78 Å². The average Bonchev–Trinajstić information content (AvgIpc) is 2.62. The van der Waals surface area contributed by atoms with Gasteiger partial charge in [-0.1, -0.05) is 23.7 Å². The Kier molecular flexibility index (Phi) is 5.69. The van der Waals surface area contributed by atoms with Crippen molar-refractivity contribution in [2.45, 2.75) is 38.2 Å². The third-order valence-corrected chi connectivity index (χ3v) is 5.03. The van der Waals surface area contributed by atoms with Crippen LogP contribution in [0.1, 0.15) is 37.2 Å². The Hall–Kier alpha value is -1.94. The predicted octanol–water partition coefficient (Wildman–Crippen LogP) is 6.46. The third kappa shape index (κ3) is 4.37. The molecule has 0 spiro atoms. The highest BCUT2D eigenvalue weighted by molar-refractivity contribution is 6.30. The van der Waals surface area contributed by atoms with Crippen LogP contribution in [0.2, 0.25) is 5.02 Å². The average molecular weight is 364 g/mol. The van der Waals surface area contributed by atoms with Gasteiger partial charge in [-0.15, -0.1) is 6.58 Å². The monoisotopic (exact) mass is 363 g/mol. The van der Waals surface area contributed by atoms with E-state index in [-0.39, 0.29) is 5.75 Å². The highest BCUT2D eigenvalue weighted by Crippen LogP contribution is 2.37. The van der Waals surface area contributed by atoms with Gasteiger partial charge in [0, 0.05) is 16.8 Å². The maximum Gasteiger partial charge on any atom is 0.387 e. The van der Waals surface area contributed by atoms with Gasteiger partial charge in [0.2, 0.25) is 0 Å². The zero-order valence-corrected chi connectivity index (χ0v) is 14.6. The second kappa shape index (κ2) is 7.96. The molecule has 0 aliphatic heterocycles. The number of rotatable bonds is 5. The van der Waals surface area contributed by atoms with E-state index >= 15 is 0 Å². The van der Waals surface area contributed by atoms with E-state index in [1.165, 1.54) is 11.6 Å². The molecule has 5 heteroatoms. The molecule has 1 saturated carbocycles. The zero-order valence-electron chi connectivity index (χ0n) is 13.8. The first-order chi connectivity index (χ1) is 12.1. The molecule has 0 bridgehead atoms. The molecule has 0 saturated heterocycles. The number of alkyl halides is 2. The number of allylic oxidation sites excluding steroid dienone is 1. The summed E-state index contributed by atoms with van der Waals surface area (Å²) >= 11 is 5.89. The Morgan fingerprint density at radius 3 is 2.52 bits per heavy atom. The number of benzene rings is 1. The van der Waals surface area contributed by atoms with Gasteiger partial charge < -0.3 is 4.74 Å². The molecule has 1 aromatic heterocycles. The highest BCUT2D eigenvalue weighted by atomic mass is 35.5. The minimum absolute atomic E-state index is 0.0363. The quantitative estimate of drug-likeness (QED) is 0.568. The van der Waals surface area contributed by atoms with Crippen molar-refractivity contribution in [1.29, 1.82) is 0 Å². The fourth-order valence-electron chi connectivity index (χ4n) is 3.40. The molecular formula is C20H20ClF2NO. The van der Waals surface area contributed by atoms with E-state index in [1.54, 1.807) is 12.1 Å². The van der Waals surface area contributed by atoms with Crippen LogP contribution < -0.4 is 4.74 Å². The van der Waals surface area contributed by atoms with Gasteiger partial charge in [0.25, 0.3) is 0 Å². The van der Waals surface area contributed by atoms with Crippen LogP contribution in [-0.4, -0.2) is 11.6 Å². The van der Waals surface area contributed by atoms with Crippen molar-refractivity contribution in [2.24, 2.45) is 5.92 Å². The standard InChI is InChI=1S/C20H20ClF2NO/c1-2-13-3-5-14(6-4-13)15-7-10-18(24-12-15)17-9-8-16(21)11-19(17)25-20(22)23/h2,7-14,20H,1,3-6H2. The van der Waals surface area contributed by atoms with Gasteiger partial charge in [-0.3, -0.25) is 4.98 Å². The number of hydrogen-bond acceptors (Lipinski definition) is 2. The zero-order chi connectivity index (χ0) is 17.8. The number of halogens is 3. The molecule has 1 aliphatic carbocycles. The Balaban J connectivity index is 1.80. The first-order valence-corrected chi connectivity index (χ1v) is 8.78. The molecule has 132 valence electrons. The van der Waals surface area contributed by atoms with E-state index in [9.17, 15) is 8.78 Å². The lowest BCUT2D eigenvalue weighted by molar-refractivity contribution is -0.0494. The molecular weight excluding hydrogens is 344 g/mol. The summed E-state index contributed by atoms with van der Waals surface area (Å²) in [6.45, 7) is 0.969. The lowest BCUT2D eigenvalue weighted by Crippen LogP contribution is -2.11. The second-order valence-corrected chi connectivity index (χ2v) is 6.78. The molecule has 0 amide bonds. The second-order valence-electron chi connectivity index (χ2n) is 6.34. The largest absolute Gasteiger partial charge is 0.434 e. The van der Waals surface area contributed by atoms with Crippen LogP contribution in [-0.2, 0) is 0 Å². The molecule has 2 aromatic rings. The topological polar surface area (TPSA) is 22.1 Å². The summed E-state index contributed by atoms with van der Waals surface area (Å²) in [5.74, 6) is 1.15. The van der Waals surface area contributed by atoms with Crippen molar-refractivity contribution < 1.29 is 13.5 Å². The lowest BCUT2D eigenvalue weighted by Gasteiger charge is -2.26. The lowest BCUT2D eigenvalue weighted by atomic mass is 9.79.